The summed E-state index contributed by atoms with van der Waals surface area (Å²) in [5.74, 6) is 0.381. The van der Waals surface area contributed by atoms with Crippen molar-refractivity contribution in [1.82, 2.24) is 10.3 Å². The van der Waals surface area contributed by atoms with Crippen molar-refractivity contribution in [2.45, 2.75) is 19.5 Å². The number of aromatic nitrogens is 1. The van der Waals surface area contributed by atoms with Crippen molar-refractivity contribution in [3.63, 3.8) is 0 Å². The standard InChI is InChI=1S/C11H17ClN4O.HI/c1-8(7-17-2)16-11(13)15-6-10-4-3-9(12)5-14-10;/h3-5,8H,6-7H2,1-2H3,(H3,13,15,16);1H. The average Bonchev–Trinajstić information content (AvgIpc) is 2.28. The minimum Gasteiger partial charge on any atom is -0.383 e. The highest BCUT2D eigenvalue weighted by molar-refractivity contribution is 14.0. The SMILES string of the molecule is COCC(C)NC(N)=NCc1ccc(Cl)cn1.I. The van der Waals surface area contributed by atoms with Gasteiger partial charge in [0.2, 0.25) is 0 Å². The molecule has 1 aromatic heterocycles. The van der Waals surface area contributed by atoms with E-state index >= 15 is 0 Å². The van der Waals surface area contributed by atoms with Crippen LogP contribution in [0.5, 0.6) is 0 Å². The summed E-state index contributed by atoms with van der Waals surface area (Å²) >= 11 is 5.73. The van der Waals surface area contributed by atoms with Crippen LogP contribution in [0.4, 0.5) is 0 Å². The molecular formula is C11H18ClIN4O. The number of pyridine rings is 1. The van der Waals surface area contributed by atoms with Gasteiger partial charge in [-0.15, -0.1) is 24.0 Å². The predicted molar refractivity (Wildman–Crippen MR) is 84.5 cm³/mol. The number of rotatable bonds is 5. The molecule has 0 aliphatic heterocycles. The van der Waals surface area contributed by atoms with Crippen LogP contribution in [0.2, 0.25) is 5.02 Å². The molecule has 0 amide bonds. The average molecular weight is 385 g/mol. The fraction of sp³-hybridized carbons (Fsp3) is 0.455. The second-order valence-electron chi connectivity index (χ2n) is 3.67. The second kappa shape index (κ2) is 9.35. The number of methoxy groups -OCH3 is 1. The van der Waals surface area contributed by atoms with E-state index in [0.29, 0.717) is 24.1 Å². The van der Waals surface area contributed by atoms with Gasteiger partial charge in [-0.25, -0.2) is 4.99 Å². The molecule has 0 spiro atoms. The molecule has 1 heterocycles. The molecule has 0 aliphatic rings. The van der Waals surface area contributed by atoms with Gasteiger partial charge in [0, 0.05) is 19.3 Å². The number of nitrogens with two attached hydrogens (primary N) is 1. The van der Waals surface area contributed by atoms with Crippen LogP contribution in [0.25, 0.3) is 0 Å². The summed E-state index contributed by atoms with van der Waals surface area (Å²) < 4.78 is 4.98. The number of hydrogen-bond acceptors (Lipinski definition) is 3. The Labute approximate surface area is 129 Å². The Balaban J connectivity index is 0.00000289. The van der Waals surface area contributed by atoms with E-state index in [1.807, 2.05) is 13.0 Å². The topological polar surface area (TPSA) is 72.5 Å². The minimum absolute atomic E-state index is 0. The van der Waals surface area contributed by atoms with E-state index in [0.717, 1.165) is 5.69 Å². The lowest BCUT2D eigenvalue weighted by Gasteiger charge is -2.12. The number of ether oxygens (including phenoxy) is 1. The van der Waals surface area contributed by atoms with Crippen molar-refractivity contribution in [3.05, 3.63) is 29.0 Å². The van der Waals surface area contributed by atoms with E-state index in [1.54, 1.807) is 19.4 Å². The Morgan fingerprint density at radius 3 is 2.89 bits per heavy atom. The summed E-state index contributed by atoms with van der Waals surface area (Å²) in [5.41, 5.74) is 6.53. The lowest BCUT2D eigenvalue weighted by atomic mass is 10.3. The van der Waals surface area contributed by atoms with Gasteiger partial charge in [0.15, 0.2) is 5.96 Å². The zero-order valence-corrected chi connectivity index (χ0v) is 13.5. The van der Waals surface area contributed by atoms with Crippen molar-refractivity contribution in [3.8, 4) is 0 Å². The third-order valence-electron chi connectivity index (χ3n) is 2.01. The Kier molecular flexibility index (Phi) is 9.03. The van der Waals surface area contributed by atoms with Crippen LogP contribution in [0.3, 0.4) is 0 Å². The Hall–Kier alpha value is -0.600. The first-order valence-corrected chi connectivity index (χ1v) is 5.65. The maximum atomic E-state index is 5.73. The van der Waals surface area contributed by atoms with Gasteiger partial charge in [-0.3, -0.25) is 4.98 Å². The fourth-order valence-electron chi connectivity index (χ4n) is 1.26. The van der Waals surface area contributed by atoms with Gasteiger partial charge in [0.25, 0.3) is 0 Å². The largest absolute Gasteiger partial charge is 0.383 e. The van der Waals surface area contributed by atoms with E-state index in [4.69, 9.17) is 22.1 Å². The van der Waals surface area contributed by atoms with Crippen molar-refractivity contribution < 1.29 is 4.74 Å². The van der Waals surface area contributed by atoms with E-state index in [9.17, 15) is 0 Å². The van der Waals surface area contributed by atoms with Crippen LogP contribution in [-0.2, 0) is 11.3 Å². The molecule has 0 aromatic carbocycles. The molecule has 18 heavy (non-hydrogen) atoms. The molecule has 0 aliphatic carbocycles. The maximum Gasteiger partial charge on any atom is 0.189 e. The predicted octanol–water partition coefficient (Wildman–Crippen LogP) is 1.79. The molecule has 3 N–H and O–H groups in total. The van der Waals surface area contributed by atoms with E-state index in [1.165, 1.54) is 0 Å². The summed E-state index contributed by atoms with van der Waals surface area (Å²) in [5, 5.41) is 3.62. The van der Waals surface area contributed by atoms with Crippen LogP contribution < -0.4 is 11.1 Å². The third-order valence-corrected chi connectivity index (χ3v) is 2.23. The number of nitrogens with zero attached hydrogens (tertiary/aromatic N) is 2. The zero-order valence-electron chi connectivity index (χ0n) is 10.4. The molecule has 0 fully saturated rings. The second-order valence-corrected chi connectivity index (χ2v) is 4.11. The number of nitrogens with one attached hydrogen (secondary N) is 1. The molecule has 102 valence electrons. The first kappa shape index (κ1) is 17.4. The molecule has 5 nitrogen and oxygen atoms in total. The van der Waals surface area contributed by atoms with Gasteiger partial charge in [-0.05, 0) is 19.1 Å². The van der Waals surface area contributed by atoms with E-state index in [-0.39, 0.29) is 30.0 Å². The highest BCUT2D eigenvalue weighted by Gasteiger charge is 2.01. The first-order valence-electron chi connectivity index (χ1n) is 5.27. The Bertz CT molecular complexity index is 372. The quantitative estimate of drug-likeness (QED) is 0.461. The summed E-state index contributed by atoms with van der Waals surface area (Å²) in [6.45, 7) is 2.97. The molecular weight excluding hydrogens is 367 g/mol. The van der Waals surface area contributed by atoms with Gasteiger partial charge >= 0.3 is 0 Å². The highest BCUT2D eigenvalue weighted by atomic mass is 127. The highest BCUT2D eigenvalue weighted by Crippen LogP contribution is 2.06. The number of guanidine groups is 1. The summed E-state index contributed by atoms with van der Waals surface area (Å²) in [4.78, 5) is 8.29. The first-order chi connectivity index (χ1) is 8.11. The molecule has 0 bridgehead atoms. The molecule has 1 aromatic rings. The normalized spacial score (nSPS) is 12.7. The maximum absolute atomic E-state index is 5.73. The van der Waals surface area contributed by atoms with Crippen LogP contribution in [0.15, 0.2) is 23.3 Å². The van der Waals surface area contributed by atoms with Crippen LogP contribution in [-0.4, -0.2) is 30.7 Å². The lowest BCUT2D eigenvalue weighted by Crippen LogP contribution is -2.40. The Morgan fingerprint density at radius 2 is 2.33 bits per heavy atom. The zero-order chi connectivity index (χ0) is 12.7. The van der Waals surface area contributed by atoms with Gasteiger partial charge in [0.1, 0.15) is 0 Å². The lowest BCUT2D eigenvalue weighted by molar-refractivity contribution is 0.179. The van der Waals surface area contributed by atoms with Crippen molar-refractivity contribution >= 4 is 41.5 Å². The molecule has 7 heteroatoms. The summed E-state index contributed by atoms with van der Waals surface area (Å²) in [6.07, 6.45) is 1.59. The van der Waals surface area contributed by atoms with Crippen molar-refractivity contribution in [2.75, 3.05) is 13.7 Å². The van der Waals surface area contributed by atoms with Crippen molar-refractivity contribution in [2.24, 2.45) is 10.7 Å². The number of aliphatic imine (C=N–C) groups is 1. The minimum atomic E-state index is 0. The monoisotopic (exact) mass is 384 g/mol. The third kappa shape index (κ3) is 6.97. The van der Waals surface area contributed by atoms with Gasteiger partial charge < -0.3 is 15.8 Å². The smallest absolute Gasteiger partial charge is 0.189 e. The van der Waals surface area contributed by atoms with Crippen LogP contribution in [0.1, 0.15) is 12.6 Å². The molecule has 1 atom stereocenters. The van der Waals surface area contributed by atoms with Gasteiger partial charge in [-0.1, -0.05) is 11.6 Å². The molecule has 0 radical (unpaired) electrons. The number of halogens is 2. The van der Waals surface area contributed by atoms with Crippen molar-refractivity contribution in [1.29, 1.82) is 0 Å². The molecule has 1 rings (SSSR count). The molecule has 0 saturated heterocycles. The summed E-state index contributed by atoms with van der Waals surface area (Å²) in [7, 11) is 1.64. The summed E-state index contributed by atoms with van der Waals surface area (Å²) in [6, 6.07) is 3.72. The van der Waals surface area contributed by atoms with E-state index < -0.39 is 0 Å². The molecule has 1 unspecified atom stereocenters. The van der Waals surface area contributed by atoms with Crippen LogP contribution >= 0.6 is 35.6 Å². The van der Waals surface area contributed by atoms with Gasteiger partial charge in [0.05, 0.1) is 23.9 Å². The molecule has 0 saturated carbocycles. The Morgan fingerprint density at radius 1 is 1.61 bits per heavy atom. The fourth-order valence-corrected chi connectivity index (χ4v) is 1.37. The number of hydrogen-bond donors (Lipinski definition) is 2. The van der Waals surface area contributed by atoms with Crippen LogP contribution in [0, 0.1) is 0 Å². The van der Waals surface area contributed by atoms with E-state index in [2.05, 4.69) is 15.3 Å². The van der Waals surface area contributed by atoms with Gasteiger partial charge in [-0.2, -0.15) is 0 Å².